The second-order valence-electron chi connectivity index (χ2n) is 3.85. The van der Waals surface area contributed by atoms with Gasteiger partial charge in [-0.25, -0.2) is 4.98 Å². The summed E-state index contributed by atoms with van der Waals surface area (Å²) in [6.45, 7) is 2.04. The number of aromatic nitrogens is 2. The van der Waals surface area contributed by atoms with Crippen LogP contribution in [-0.4, -0.2) is 21.3 Å². The molecular weight excluding hydrogens is 284 g/mol. The highest BCUT2D eigenvalue weighted by molar-refractivity contribution is 9.10. The van der Waals surface area contributed by atoms with E-state index in [1.165, 1.54) is 0 Å². The van der Waals surface area contributed by atoms with Crippen molar-refractivity contribution in [2.45, 2.75) is 19.5 Å². The Kier molecular flexibility index (Phi) is 3.44. The smallest absolute Gasteiger partial charge is 0.236 e. The van der Waals surface area contributed by atoms with Gasteiger partial charge in [0.15, 0.2) is 0 Å². The van der Waals surface area contributed by atoms with Crippen LogP contribution in [0.15, 0.2) is 29.0 Å². The standard InChI is InChI=1S/C11H13BrN4O/c1-7(13)11(17)14-4-9-6-16-5-8(12)2-3-10(16)15-9/h2-3,5-7H,4,13H2,1H3,(H,14,17)/t7-/m1/s1. The summed E-state index contributed by atoms with van der Waals surface area (Å²) >= 11 is 3.39. The summed E-state index contributed by atoms with van der Waals surface area (Å²) in [5, 5.41) is 2.72. The van der Waals surface area contributed by atoms with Crippen LogP contribution in [0.2, 0.25) is 0 Å². The number of fused-ring (bicyclic) bond motifs is 1. The third-order valence-corrected chi connectivity index (χ3v) is 2.79. The van der Waals surface area contributed by atoms with Crippen LogP contribution in [0.3, 0.4) is 0 Å². The maximum Gasteiger partial charge on any atom is 0.236 e. The Hall–Kier alpha value is -1.40. The fraction of sp³-hybridized carbons (Fsp3) is 0.273. The number of hydrogen-bond acceptors (Lipinski definition) is 3. The number of pyridine rings is 1. The molecule has 0 saturated carbocycles. The highest BCUT2D eigenvalue weighted by atomic mass is 79.9. The summed E-state index contributed by atoms with van der Waals surface area (Å²) in [6.07, 6.45) is 3.79. The molecule has 2 aromatic rings. The van der Waals surface area contributed by atoms with Crippen molar-refractivity contribution in [3.8, 4) is 0 Å². The summed E-state index contributed by atoms with van der Waals surface area (Å²) < 4.78 is 2.88. The van der Waals surface area contributed by atoms with E-state index in [1.54, 1.807) is 6.92 Å². The molecule has 3 N–H and O–H groups in total. The van der Waals surface area contributed by atoms with Gasteiger partial charge in [0.25, 0.3) is 0 Å². The molecule has 0 fully saturated rings. The Morgan fingerprint density at radius 3 is 3.06 bits per heavy atom. The third kappa shape index (κ3) is 2.83. The lowest BCUT2D eigenvalue weighted by molar-refractivity contribution is -0.122. The first kappa shape index (κ1) is 12.1. The molecule has 0 unspecified atom stereocenters. The number of rotatable bonds is 3. The zero-order chi connectivity index (χ0) is 12.4. The van der Waals surface area contributed by atoms with Crippen molar-refractivity contribution in [2.24, 2.45) is 5.73 Å². The molecule has 2 aromatic heterocycles. The van der Waals surface area contributed by atoms with Crippen LogP contribution >= 0.6 is 15.9 Å². The molecule has 0 spiro atoms. The predicted molar refractivity (Wildman–Crippen MR) is 68.4 cm³/mol. The van der Waals surface area contributed by atoms with Crippen LogP contribution in [0.4, 0.5) is 0 Å². The third-order valence-electron chi connectivity index (χ3n) is 2.32. The molecule has 17 heavy (non-hydrogen) atoms. The summed E-state index contributed by atoms with van der Waals surface area (Å²) in [4.78, 5) is 15.7. The monoisotopic (exact) mass is 296 g/mol. The van der Waals surface area contributed by atoms with Gasteiger partial charge in [0.2, 0.25) is 5.91 Å². The first-order chi connectivity index (χ1) is 8.06. The number of carbonyl (C=O) groups excluding carboxylic acids is 1. The van der Waals surface area contributed by atoms with Crippen molar-refractivity contribution in [1.29, 1.82) is 0 Å². The minimum atomic E-state index is -0.499. The molecule has 0 bridgehead atoms. The van der Waals surface area contributed by atoms with E-state index >= 15 is 0 Å². The molecular formula is C11H13BrN4O. The fourth-order valence-corrected chi connectivity index (χ4v) is 1.79. The van der Waals surface area contributed by atoms with E-state index in [0.717, 1.165) is 15.8 Å². The van der Waals surface area contributed by atoms with Gasteiger partial charge in [0.1, 0.15) is 5.65 Å². The summed E-state index contributed by atoms with van der Waals surface area (Å²) in [7, 11) is 0. The number of nitrogens with two attached hydrogens (primary N) is 1. The largest absolute Gasteiger partial charge is 0.349 e. The number of nitrogens with one attached hydrogen (secondary N) is 1. The van der Waals surface area contributed by atoms with Crippen molar-refractivity contribution >= 4 is 27.5 Å². The first-order valence-electron chi connectivity index (χ1n) is 5.22. The average molecular weight is 297 g/mol. The van der Waals surface area contributed by atoms with E-state index in [0.29, 0.717) is 6.54 Å². The molecule has 90 valence electrons. The Morgan fingerprint density at radius 2 is 2.35 bits per heavy atom. The number of hydrogen-bond donors (Lipinski definition) is 2. The number of nitrogens with zero attached hydrogens (tertiary/aromatic N) is 2. The van der Waals surface area contributed by atoms with E-state index < -0.39 is 6.04 Å². The lowest BCUT2D eigenvalue weighted by atomic mass is 10.3. The van der Waals surface area contributed by atoms with E-state index in [4.69, 9.17) is 5.73 Å². The normalized spacial score (nSPS) is 12.6. The molecule has 0 aliphatic carbocycles. The van der Waals surface area contributed by atoms with Crippen molar-refractivity contribution < 1.29 is 4.79 Å². The molecule has 2 heterocycles. The van der Waals surface area contributed by atoms with Gasteiger partial charge >= 0.3 is 0 Å². The maximum absolute atomic E-state index is 11.3. The Bertz CT molecular complexity index is 549. The van der Waals surface area contributed by atoms with Gasteiger partial charge in [0.05, 0.1) is 18.3 Å². The lowest BCUT2D eigenvalue weighted by Gasteiger charge is -2.04. The fourth-order valence-electron chi connectivity index (χ4n) is 1.44. The lowest BCUT2D eigenvalue weighted by Crippen LogP contribution is -2.37. The maximum atomic E-state index is 11.3. The molecule has 0 saturated heterocycles. The molecule has 0 aliphatic rings. The van der Waals surface area contributed by atoms with Crippen LogP contribution in [0, 0.1) is 0 Å². The van der Waals surface area contributed by atoms with Crippen molar-refractivity contribution in [3.05, 3.63) is 34.7 Å². The zero-order valence-corrected chi connectivity index (χ0v) is 10.9. The van der Waals surface area contributed by atoms with Crippen LogP contribution in [0.1, 0.15) is 12.6 Å². The van der Waals surface area contributed by atoms with Crippen molar-refractivity contribution in [3.63, 3.8) is 0 Å². The summed E-state index contributed by atoms with van der Waals surface area (Å²) in [5.41, 5.74) is 7.10. The first-order valence-corrected chi connectivity index (χ1v) is 6.02. The molecule has 1 atom stereocenters. The van der Waals surface area contributed by atoms with Crippen LogP contribution < -0.4 is 11.1 Å². The van der Waals surface area contributed by atoms with Gasteiger partial charge in [-0.2, -0.15) is 0 Å². The second-order valence-corrected chi connectivity index (χ2v) is 4.77. The van der Waals surface area contributed by atoms with Crippen molar-refractivity contribution in [1.82, 2.24) is 14.7 Å². The van der Waals surface area contributed by atoms with Gasteiger partial charge in [-0.05, 0) is 35.0 Å². The minimum Gasteiger partial charge on any atom is -0.349 e. The average Bonchev–Trinajstić information content (AvgIpc) is 2.67. The number of imidazole rings is 1. The van der Waals surface area contributed by atoms with E-state index in [2.05, 4.69) is 26.2 Å². The van der Waals surface area contributed by atoms with Crippen LogP contribution in [-0.2, 0) is 11.3 Å². The van der Waals surface area contributed by atoms with E-state index in [-0.39, 0.29) is 5.91 Å². The van der Waals surface area contributed by atoms with Gasteiger partial charge in [0, 0.05) is 16.9 Å². The molecule has 1 amide bonds. The van der Waals surface area contributed by atoms with Crippen LogP contribution in [0.25, 0.3) is 5.65 Å². The van der Waals surface area contributed by atoms with Gasteiger partial charge in [-0.3, -0.25) is 4.79 Å². The second kappa shape index (κ2) is 4.85. The van der Waals surface area contributed by atoms with E-state index in [1.807, 2.05) is 28.9 Å². The van der Waals surface area contributed by atoms with Crippen molar-refractivity contribution in [2.75, 3.05) is 0 Å². The SMILES string of the molecule is C[C@@H](N)C(=O)NCc1cn2cc(Br)ccc2n1. The number of amides is 1. The highest BCUT2D eigenvalue weighted by Gasteiger charge is 2.08. The molecule has 2 rings (SSSR count). The Morgan fingerprint density at radius 1 is 1.59 bits per heavy atom. The minimum absolute atomic E-state index is 0.178. The molecule has 6 heteroatoms. The quantitative estimate of drug-likeness (QED) is 0.890. The van der Waals surface area contributed by atoms with Crippen LogP contribution in [0.5, 0.6) is 0 Å². The van der Waals surface area contributed by atoms with E-state index in [9.17, 15) is 4.79 Å². The highest BCUT2D eigenvalue weighted by Crippen LogP contribution is 2.12. The Balaban J connectivity index is 2.12. The number of halogens is 1. The summed E-state index contributed by atoms with van der Waals surface area (Å²) in [5.74, 6) is -0.178. The molecule has 0 aromatic carbocycles. The topological polar surface area (TPSA) is 72.4 Å². The molecule has 0 aliphatic heterocycles. The number of carbonyl (C=O) groups is 1. The Labute approximate surface area is 107 Å². The van der Waals surface area contributed by atoms with Gasteiger partial charge in [-0.15, -0.1) is 0 Å². The van der Waals surface area contributed by atoms with Gasteiger partial charge < -0.3 is 15.5 Å². The summed E-state index contributed by atoms with van der Waals surface area (Å²) in [6, 6.07) is 3.33. The zero-order valence-electron chi connectivity index (χ0n) is 9.35. The molecule has 0 radical (unpaired) electrons. The van der Waals surface area contributed by atoms with Gasteiger partial charge in [-0.1, -0.05) is 0 Å². The predicted octanol–water partition coefficient (Wildman–Crippen LogP) is 1.06. The molecule has 5 nitrogen and oxygen atoms in total.